The maximum absolute atomic E-state index is 12.4. The normalized spacial score (nSPS) is 13.1. The van der Waals surface area contributed by atoms with Crippen molar-refractivity contribution in [1.82, 2.24) is 5.32 Å². The Morgan fingerprint density at radius 1 is 1.03 bits per heavy atom. The van der Waals surface area contributed by atoms with Crippen LogP contribution in [0.25, 0.3) is 11.1 Å². The SMILES string of the molecule is CC(NC(=O)c1occc1NC(=O)OCC1c2ccccc2-c2ccccc21)C(=O)O. The average molecular weight is 420 g/mol. The van der Waals surface area contributed by atoms with Crippen LogP contribution in [0.1, 0.15) is 34.5 Å². The van der Waals surface area contributed by atoms with Gasteiger partial charge in [-0.25, -0.2) is 4.79 Å². The minimum Gasteiger partial charge on any atom is -0.480 e. The first-order valence-corrected chi connectivity index (χ1v) is 9.69. The molecule has 0 fully saturated rings. The van der Waals surface area contributed by atoms with Crippen molar-refractivity contribution < 1.29 is 28.6 Å². The van der Waals surface area contributed by atoms with E-state index in [1.807, 2.05) is 48.5 Å². The third kappa shape index (κ3) is 4.00. The molecular weight excluding hydrogens is 400 g/mol. The number of carbonyl (C=O) groups is 3. The first-order chi connectivity index (χ1) is 15.0. The van der Waals surface area contributed by atoms with Crippen LogP contribution in [0.4, 0.5) is 10.5 Å². The van der Waals surface area contributed by atoms with E-state index in [4.69, 9.17) is 14.3 Å². The summed E-state index contributed by atoms with van der Waals surface area (Å²) in [7, 11) is 0. The van der Waals surface area contributed by atoms with Crippen molar-refractivity contribution >= 4 is 23.7 Å². The summed E-state index contributed by atoms with van der Waals surface area (Å²) in [6.45, 7) is 1.44. The Morgan fingerprint density at radius 2 is 1.65 bits per heavy atom. The maximum atomic E-state index is 12.4. The second-order valence-electron chi connectivity index (χ2n) is 7.15. The summed E-state index contributed by atoms with van der Waals surface area (Å²) in [6.07, 6.45) is 0.475. The molecule has 31 heavy (non-hydrogen) atoms. The maximum Gasteiger partial charge on any atom is 0.411 e. The van der Waals surface area contributed by atoms with Crippen LogP contribution in [0.2, 0.25) is 0 Å². The molecule has 2 aromatic carbocycles. The van der Waals surface area contributed by atoms with E-state index in [-0.39, 0.29) is 24.0 Å². The third-order valence-corrected chi connectivity index (χ3v) is 5.17. The largest absolute Gasteiger partial charge is 0.480 e. The monoisotopic (exact) mass is 420 g/mol. The molecule has 0 radical (unpaired) electrons. The molecule has 4 rings (SSSR count). The van der Waals surface area contributed by atoms with Crippen molar-refractivity contribution in [3.8, 4) is 11.1 Å². The van der Waals surface area contributed by atoms with Crippen molar-refractivity contribution in [2.45, 2.75) is 18.9 Å². The van der Waals surface area contributed by atoms with Crippen LogP contribution in [-0.4, -0.2) is 35.7 Å². The lowest BCUT2D eigenvalue weighted by molar-refractivity contribution is -0.138. The number of benzene rings is 2. The number of hydrogen-bond donors (Lipinski definition) is 3. The number of rotatable bonds is 6. The number of hydrogen-bond acceptors (Lipinski definition) is 5. The molecule has 0 saturated heterocycles. The van der Waals surface area contributed by atoms with Crippen molar-refractivity contribution in [2.75, 3.05) is 11.9 Å². The number of amides is 2. The Labute approximate surface area is 177 Å². The predicted octanol–water partition coefficient (Wildman–Crippen LogP) is 3.84. The fourth-order valence-corrected chi connectivity index (χ4v) is 3.65. The quantitative estimate of drug-likeness (QED) is 0.558. The predicted molar refractivity (Wildman–Crippen MR) is 112 cm³/mol. The van der Waals surface area contributed by atoms with Crippen molar-refractivity contribution in [1.29, 1.82) is 0 Å². The highest BCUT2D eigenvalue weighted by molar-refractivity contribution is 6.01. The Morgan fingerprint density at radius 3 is 2.26 bits per heavy atom. The molecule has 1 unspecified atom stereocenters. The zero-order valence-electron chi connectivity index (χ0n) is 16.6. The summed E-state index contributed by atoms with van der Waals surface area (Å²) in [4.78, 5) is 35.5. The van der Waals surface area contributed by atoms with Crippen LogP contribution in [0, 0.1) is 0 Å². The Kier molecular flexibility index (Phi) is 5.44. The molecule has 0 bridgehead atoms. The number of carboxylic acid groups (broad SMARTS) is 1. The number of furan rings is 1. The highest BCUT2D eigenvalue weighted by atomic mass is 16.5. The van der Waals surface area contributed by atoms with E-state index in [2.05, 4.69) is 10.6 Å². The zero-order valence-corrected chi connectivity index (χ0v) is 16.6. The summed E-state index contributed by atoms with van der Waals surface area (Å²) in [6, 6.07) is 16.3. The molecule has 1 aromatic heterocycles. The molecule has 158 valence electrons. The number of carbonyl (C=O) groups excluding carboxylic acids is 2. The minimum atomic E-state index is -1.19. The molecule has 3 aromatic rings. The van der Waals surface area contributed by atoms with E-state index >= 15 is 0 Å². The molecule has 0 aliphatic heterocycles. The fraction of sp³-hybridized carbons (Fsp3) is 0.174. The van der Waals surface area contributed by atoms with Gasteiger partial charge in [-0.05, 0) is 29.2 Å². The Hall–Kier alpha value is -4.07. The first-order valence-electron chi connectivity index (χ1n) is 9.69. The van der Waals surface area contributed by atoms with E-state index in [9.17, 15) is 14.4 Å². The lowest BCUT2D eigenvalue weighted by Gasteiger charge is -2.14. The number of nitrogens with one attached hydrogen (secondary N) is 2. The van der Waals surface area contributed by atoms with Gasteiger partial charge in [0.15, 0.2) is 0 Å². The lowest BCUT2D eigenvalue weighted by Crippen LogP contribution is -2.38. The molecule has 1 atom stereocenters. The van der Waals surface area contributed by atoms with E-state index in [0.717, 1.165) is 22.3 Å². The summed E-state index contributed by atoms with van der Waals surface area (Å²) in [5.74, 6) is -2.25. The highest BCUT2D eigenvalue weighted by Crippen LogP contribution is 2.44. The van der Waals surface area contributed by atoms with Gasteiger partial charge in [-0.1, -0.05) is 48.5 Å². The topological polar surface area (TPSA) is 118 Å². The third-order valence-electron chi connectivity index (χ3n) is 5.17. The number of ether oxygens (including phenoxy) is 1. The molecule has 0 saturated carbocycles. The van der Waals surface area contributed by atoms with Gasteiger partial charge in [0.05, 0.1) is 12.0 Å². The van der Waals surface area contributed by atoms with Crippen LogP contribution in [0.15, 0.2) is 65.3 Å². The summed E-state index contributed by atoms with van der Waals surface area (Å²) < 4.78 is 10.6. The van der Waals surface area contributed by atoms with Gasteiger partial charge in [0.2, 0.25) is 5.76 Å². The molecule has 1 aliphatic carbocycles. The van der Waals surface area contributed by atoms with Crippen LogP contribution >= 0.6 is 0 Å². The van der Waals surface area contributed by atoms with Crippen LogP contribution < -0.4 is 10.6 Å². The summed E-state index contributed by atoms with van der Waals surface area (Å²) >= 11 is 0. The number of aliphatic carboxylic acids is 1. The van der Waals surface area contributed by atoms with Crippen molar-refractivity contribution in [2.24, 2.45) is 0 Å². The van der Waals surface area contributed by atoms with Gasteiger partial charge in [0, 0.05) is 12.0 Å². The molecule has 2 amide bonds. The molecule has 8 heteroatoms. The number of fused-ring (bicyclic) bond motifs is 3. The van der Waals surface area contributed by atoms with Gasteiger partial charge in [0.25, 0.3) is 5.91 Å². The average Bonchev–Trinajstić information content (AvgIpc) is 3.34. The summed E-state index contributed by atoms with van der Waals surface area (Å²) in [5.41, 5.74) is 4.50. The van der Waals surface area contributed by atoms with Crippen LogP contribution in [0.5, 0.6) is 0 Å². The van der Waals surface area contributed by atoms with Gasteiger partial charge < -0.3 is 19.6 Å². The lowest BCUT2D eigenvalue weighted by atomic mass is 9.98. The van der Waals surface area contributed by atoms with Gasteiger partial charge in [-0.15, -0.1) is 0 Å². The zero-order chi connectivity index (χ0) is 22.0. The van der Waals surface area contributed by atoms with E-state index in [1.165, 1.54) is 19.3 Å². The standard InChI is InChI=1S/C23H20N2O6/c1-13(22(27)28)24-21(26)20-19(10-11-30-20)25-23(29)31-12-18-16-8-4-2-6-14(16)15-7-3-5-9-17(15)18/h2-11,13,18H,12H2,1H3,(H,24,26)(H,25,29)(H,27,28). The second kappa shape index (κ2) is 8.35. The highest BCUT2D eigenvalue weighted by Gasteiger charge is 2.29. The fourth-order valence-electron chi connectivity index (χ4n) is 3.65. The van der Waals surface area contributed by atoms with Crippen LogP contribution in [-0.2, 0) is 9.53 Å². The summed E-state index contributed by atoms with van der Waals surface area (Å²) in [5, 5.41) is 13.7. The number of anilines is 1. The van der Waals surface area contributed by atoms with E-state index < -0.39 is 24.0 Å². The van der Waals surface area contributed by atoms with Gasteiger partial charge in [-0.2, -0.15) is 0 Å². The Bertz CT molecular complexity index is 1110. The molecule has 8 nitrogen and oxygen atoms in total. The smallest absolute Gasteiger partial charge is 0.411 e. The van der Waals surface area contributed by atoms with Crippen molar-refractivity contribution in [3.05, 3.63) is 77.7 Å². The van der Waals surface area contributed by atoms with Gasteiger partial charge in [0.1, 0.15) is 12.6 Å². The van der Waals surface area contributed by atoms with E-state index in [1.54, 1.807) is 0 Å². The Balaban J connectivity index is 1.43. The second-order valence-corrected chi connectivity index (χ2v) is 7.15. The molecule has 1 aliphatic rings. The van der Waals surface area contributed by atoms with Gasteiger partial charge in [-0.3, -0.25) is 14.9 Å². The molecule has 1 heterocycles. The van der Waals surface area contributed by atoms with Crippen molar-refractivity contribution in [3.63, 3.8) is 0 Å². The number of carboxylic acids is 1. The van der Waals surface area contributed by atoms with Crippen LogP contribution in [0.3, 0.4) is 0 Å². The molecule has 3 N–H and O–H groups in total. The minimum absolute atomic E-state index is 0.0901. The molecule has 0 spiro atoms. The van der Waals surface area contributed by atoms with E-state index in [0.29, 0.717) is 0 Å². The molecular formula is C23H20N2O6. The first kappa shape index (κ1) is 20.2. The van der Waals surface area contributed by atoms with Gasteiger partial charge >= 0.3 is 12.1 Å².